The highest BCUT2D eigenvalue weighted by molar-refractivity contribution is 5.94. The van der Waals surface area contributed by atoms with Crippen molar-refractivity contribution in [1.29, 1.82) is 0 Å². The fraction of sp³-hybridized carbons (Fsp3) is 0.412. The van der Waals surface area contributed by atoms with Crippen LogP contribution < -0.4 is 5.32 Å². The SMILES string of the molecule is Cc1cccc(C2CC(C)(C)n3nc(C)c(C(=O)O)c3N2)c1. The van der Waals surface area contributed by atoms with E-state index in [2.05, 4.69) is 49.4 Å². The summed E-state index contributed by atoms with van der Waals surface area (Å²) in [5.74, 6) is -0.334. The third kappa shape index (κ3) is 2.26. The maximum Gasteiger partial charge on any atom is 0.341 e. The van der Waals surface area contributed by atoms with Crippen molar-refractivity contribution in [2.24, 2.45) is 0 Å². The van der Waals surface area contributed by atoms with Gasteiger partial charge >= 0.3 is 5.97 Å². The van der Waals surface area contributed by atoms with E-state index in [1.807, 2.05) is 10.7 Å². The van der Waals surface area contributed by atoms with Crippen molar-refractivity contribution in [2.45, 2.75) is 45.7 Å². The lowest BCUT2D eigenvalue weighted by Gasteiger charge is -2.38. The first-order chi connectivity index (χ1) is 10.3. The zero-order valence-corrected chi connectivity index (χ0v) is 13.3. The van der Waals surface area contributed by atoms with Crippen LogP contribution in [0.3, 0.4) is 0 Å². The van der Waals surface area contributed by atoms with Gasteiger partial charge in [-0.2, -0.15) is 5.10 Å². The van der Waals surface area contributed by atoms with Gasteiger partial charge in [0.05, 0.1) is 17.3 Å². The minimum atomic E-state index is -0.938. The van der Waals surface area contributed by atoms with Crippen LogP contribution in [0.2, 0.25) is 0 Å². The van der Waals surface area contributed by atoms with Crippen molar-refractivity contribution in [3.63, 3.8) is 0 Å². The molecule has 0 saturated heterocycles. The summed E-state index contributed by atoms with van der Waals surface area (Å²) in [5.41, 5.74) is 2.95. The van der Waals surface area contributed by atoms with Gasteiger partial charge in [0.1, 0.15) is 11.4 Å². The Balaban J connectivity index is 2.10. The van der Waals surface area contributed by atoms with Gasteiger partial charge in [0, 0.05) is 0 Å². The van der Waals surface area contributed by atoms with Crippen LogP contribution in [-0.2, 0) is 5.54 Å². The predicted octanol–water partition coefficient (Wildman–Crippen LogP) is 3.49. The molecule has 0 bridgehead atoms. The van der Waals surface area contributed by atoms with Crippen LogP contribution in [0.25, 0.3) is 0 Å². The summed E-state index contributed by atoms with van der Waals surface area (Å²) in [4.78, 5) is 11.6. The number of aryl methyl sites for hydroxylation is 2. The van der Waals surface area contributed by atoms with Crippen LogP contribution >= 0.6 is 0 Å². The minimum Gasteiger partial charge on any atom is -0.477 e. The van der Waals surface area contributed by atoms with Gasteiger partial charge in [0.15, 0.2) is 0 Å². The molecule has 1 aliphatic heterocycles. The molecule has 5 nitrogen and oxygen atoms in total. The summed E-state index contributed by atoms with van der Waals surface area (Å²) in [6.07, 6.45) is 0.851. The highest BCUT2D eigenvalue weighted by atomic mass is 16.4. The van der Waals surface area contributed by atoms with Crippen molar-refractivity contribution in [1.82, 2.24) is 9.78 Å². The van der Waals surface area contributed by atoms with E-state index in [-0.39, 0.29) is 17.1 Å². The summed E-state index contributed by atoms with van der Waals surface area (Å²) in [6, 6.07) is 8.41. The molecule has 1 unspecified atom stereocenters. The molecular formula is C17H21N3O2. The molecule has 5 heteroatoms. The molecule has 0 fully saturated rings. The highest BCUT2D eigenvalue weighted by Crippen LogP contribution is 2.40. The number of anilines is 1. The lowest BCUT2D eigenvalue weighted by Crippen LogP contribution is -2.38. The summed E-state index contributed by atoms with van der Waals surface area (Å²) in [5, 5.41) is 17.3. The van der Waals surface area contributed by atoms with Gasteiger partial charge in [-0.1, -0.05) is 29.8 Å². The third-order valence-electron chi connectivity index (χ3n) is 4.31. The van der Waals surface area contributed by atoms with E-state index >= 15 is 0 Å². The van der Waals surface area contributed by atoms with Crippen LogP contribution in [0.5, 0.6) is 0 Å². The zero-order valence-electron chi connectivity index (χ0n) is 13.3. The summed E-state index contributed by atoms with van der Waals surface area (Å²) >= 11 is 0. The molecule has 1 aromatic heterocycles. The largest absolute Gasteiger partial charge is 0.477 e. The number of hydrogen-bond acceptors (Lipinski definition) is 3. The zero-order chi connectivity index (χ0) is 16.1. The molecule has 22 heavy (non-hydrogen) atoms. The fourth-order valence-electron chi connectivity index (χ4n) is 3.24. The average Bonchev–Trinajstić information content (AvgIpc) is 2.75. The van der Waals surface area contributed by atoms with Crippen LogP contribution in [0.4, 0.5) is 5.82 Å². The van der Waals surface area contributed by atoms with E-state index in [9.17, 15) is 9.90 Å². The Kier molecular flexibility index (Phi) is 3.24. The molecule has 0 radical (unpaired) electrons. The van der Waals surface area contributed by atoms with Crippen LogP contribution in [0.15, 0.2) is 24.3 Å². The van der Waals surface area contributed by atoms with Crippen molar-refractivity contribution in [3.05, 3.63) is 46.6 Å². The predicted molar refractivity (Wildman–Crippen MR) is 85.4 cm³/mol. The first kappa shape index (κ1) is 14.6. The van der Waals surface area contributed by atoms with E-state index in [1.54, 1.807) is 6.92 Å². The van der Waals surface area contributed by atoms with Gasteiger partial charge in [0.2, 0.25) is 0 Å². The van der Waals surface area contributed by atoms with E-state index in [0.717, 1.165) is 6.42 Å². The topological polar surface area (TPSA) is 67.2 Å². The number of hydrogen-bond donors (Lipinski definition) is 2. The molecule has 2 heterocycles. The van der Waals surface area contributed by atoms with E-state index < -0.39 is 5.97 Å². The monoisotopic (exact) mass is 299 g/mol. The highest BCUT2D eigenvalue weighted by Gasteiger charge is 2.37. The number of carbonyl (C=O) groups is 1. The number of aromatic carboxylic acids is 1. The molecule has 2 N–H and O–H groups in total. The van der Waals surface area contributed by atoms with Gasteiger partial charge in [-0.15, -0.1) is 0 Å². The van der Waals surface area contributed by atoms with Crippen molar-refractivity contribution >= 4 is 11.8 Å². The fourth-order valence-corrected chi connectivity index (χ4v) is 3.24. The third-order valence-corrected chi connectivity index (χ3v) is 4.31. The summed E-state index contributed by atoms with van der Waals surface area (Å²) < 4.78 is 1.82. The molecule has 2 aromatic rings. The molecule has 3 rings (SSSR count). The Bertz CT molecular complexity index is 746. The first-order valence-corrected chi connectivity index (χ1v) is 7.46. The second-order valence-electron chi connectivity index (χ2n) is 6.65. The quantitative estimate of drug-likeness (QED) is 0.890. The minimum absolute atomic E-state index is 0.0802. The number of carboxylic acids is 1. The van der Waals surface area contributed by atoms with Gasteiger partial charge in [0.25, 0.3) is 0 Å². The molecule has 0 amide bonds. The number of fused-ring (bicyclic) bond motifs is 1. The number of rotatable bonds is 2. The first-order valence-electron chi connectivity index (χ1n) is 7.46. The van der Waals surface area contributed by atoms with Crippen molar-refractivity contribution in [2.75, 3.05) is 5.32 Å². The lowest BCUT2D eigenvalue weighted by molar-refractivity contribution is 0.0696. The summed E-state index contributed by atoms with van der Waals surface area (Å²) in [7, 11) is 0. The Morgan fingerprint density at radius 1 is 1.41 bits per heavy atom. The Hall–Kier alpha value is -2.30. The molecule has 0 saturated carbocycles. The van der Waals surface area contributed by atoms with E-state index in [1.165, 1.54) is 11.1 Å². The van der Waals surface area contributed by atoms with Crippen LogP contribution in [0.1, 0.15) is 53.5 Å². The van der Waals surface area contributed by atoms with Gasteiger partial charge in [-0.3, -0.25) is 0 Å². The lowest BCUT2D eigenvalue weighted by atomic mass is 9.88. The Morgan fingerprint density at radius 3 is 2.77 bits per heavy atom. The number of nitrogens with zero attached hydrogens (tertiary/aromatic N) is 2. The summed E-state index contributed by atoms with van der Waals surface area (Å²) in [6.45, 7) is 8.00. The van der Waals surface area contributed by atoms with E-state index in [4.69, 9.17) is 0 Å². The maximum absolute atomic E-state index is 11.6. The normalized spacial score (nSPS) is 19.4. The van der Waals surface area contributed by atoms with Crippen LogP contribution in [0, 0.1) is 13.8 Å². The molecule has 1 atom stereocenters. The Labute approximate surface area is 130 Å². The number of nitrogens with one attached hydrogen (secondary N) is 1. The molecule has 0 aliphatic carbocycles. The van der Waals surface area contributed by atoms with Crippen LogP contribution in [-0.4, -0.2) is 20.9 Å². The molecule has 1 aromatic carbocycles. The molecule has 116 valence electrons. The second-order valence-corrected chi connectivity index (χ2v) is 6.65. The van der Waals surface area contributed by atoms with Gasteiger partial charge in [-0.05, 0) is 39.7 Å². The van der Waals surface area contributed by atoms with Crippen molar-refractivity contribution in [3.8, 4) is 0 Å². The molecule has 1 aliphatic rings. The maximum atomic E-state index is 11.6. The number of aromatic nitrogens is 2. The molecular weight excluding hydrogens is 278 g/mol. The standard InChI is InChI=1S/C17H21N3O2/c1-10-6-5-7-12(8-10)13-9-17(3,4)20-15(18-13)14(16(21)22)11(2)19-20/h5-8,13,18H,9H2,1-4H3,(H,21,22). The van der Waals surface area contributed by atoms with E-state index in [0.29, 0.717) is 11.5 Å². The average molecular weight is 299 g/mol. The smallest absolute Gasteiger partial charge is 0.341 e. The molecule has 0 spiro atoms. The van der Waals surface area contributed by atoms with Crippen molar-refractivity contribution < 1.29 is 9.90 Å². The van der Waals surface area contributed by atoms with Gasteiger partial charge < -0.3 is 10.4 Å². The van der Waals surface area contributed by atoms with Gasteiger partial charge in [-0.25, -0.2) is 9.48 Å². The number of carboxylic acid groups (broad SMARTS) is 1. The Morgan fingerprint density at radius 2 is 2.14 bits per heavy atom. The second kappa shape index (κ2) is 4.87. The number of benzene rings is 1.